The highest BCUT2D eigenvalue weighted by Gasteiger charge is 2.30. The van der Waals surface area contributed by atoms with E-state index < -0.39 is 26.0 Å². The lowest BCUT2D eigenvalue weighted by Crippen LogP contribution is -2.40. The van der Waals surface area contributed by atoms with Gasteiger partial charge in [0.1, 0.15) is 10.6 Å². The van der Waals surface area contributed by atoms with Gasteiger partial charge in [-0.1, -0.05) is 30.3 Å². The molecule has 10 nitrogen and oxygen atoms in total. The van der Waals surface area contributed by atoms with E-state index >= 15 is 0 Å². The van der Waals surface area contributed by atoms with Gasteiger partial charge in [0, 0.05) is 24.3 Å². The number of para-hydroxylation sites is 1. The molecule has 1 aliphatic heterocycles. The Hall–Kier alpha value is -3.45. The SMILES string of the molecule is COc1ccc(NC(=O)c2ccc(CN(c3c(C)cccc3C)S(C)(=O)=O)cc2)cc1S(=O)(=O)N1CCOCC1. The lowest BCUT2D eigenvalue weighted by molar-refractivity contribution is 0.0729. The number of nitrogens with one attached hydrogen (secondary N) is 1. The average molecular weight is 588 g/mol. The molecule has 3 aromatic rings. The number of carbonyl (C=O) groups excluding carboxylic acids is 1. The van der Waals surface area contributed by atoms with Gasteiger partial charge in [-0.05, 0) is 60.9 Å². The van der Waals surface area contributed by atoms with Crippen LogP contribution in [0.15, 0.2) is 65.6 Å². The van der Waals surface area contributed by atoms with E-state index in [1.54, 1.807) is 30.3 Å². The second-order valence-electron chi connectivity index (χ2n) is 9.54. The highest BCUT2D eigenvalue weighted by molar-refractivity contribution is 7.92. The third-order valence-electron chi connectivity index (χ3n) is 6.64. The van der Waals surface area contributed by atoms with Gasteiger partial charge in [-0.2, -0.15) is 4.31 Å². The standard InChI is InChI=1S/C28H33N3O7S2/c1-20-6-5-7-21(2)27(20)31(39(4,33)34)19-22-8-10-23(11-9-22)28(32)29-24-12-13-25(37-3)26(18-24)40(35,36)30-14-16-38-17-15-30/h5-13,18H,14-17,19H2,1-4H3,(H,29,32). The topological polar surface area (TPSA) is 122 Å². The molecule has 0 radical (unpaired) electrons. The molecule has 1 aliphatic rings. The van der Waals surface area contributed by atoms with Gasteiger partial charge in [0.2, 0.25) is 20.0 Å². The zero-order valence-corrected chi connectivity index (χ0v) is 24.5. The molecule has 40 heavy (non-hydrogen) atoms. The molecule has 1 saturated heterocycles. The Morgan fingerprint density at radius 3 is 2.17 bits per heavy atom. The van der Waals surface area contributed by atoms with E-state index in [4.69, 9.17) is 9.47 Å². The largest absolute Gasteiger partial charge is 0.495 e. The average Bonchev–Trinajstić information content (AvgIpc) is 2.92. The maximum absolute atomic E-state index is 13.2. The number of anilines is 2. The van der Waals surface area contributed by atoms with Gasteiger partial charge in [0.15, 0.2) is 0 Å². The molecule has 1 amide bonds. The number of morpholine rings is 1. The van der Waals surface area contributed by atoms with Crippen LogP contribution in [0, 0.1) is 13.8 Å². The van der Waals surface area contributed by atoms with Crippen molar-refractivity contribution in [3.8, 4) is 5.75 Å². The number of rotatable bonds is 9. The molecular formula is C28H33N3O7S2. The molecule has 0 saturated carbocycles. The Balaban J connectivity index is 1.54. The molecule has 4 rings (SSSR count). The lowest BCUT2D eigenvalue weighted by Gasteiger charge is -2.27. The second-order valence-corrected chi connectivity index (χ2v) is 13.4. The molecule has 214 valence electrons. The van der Waals surface area contributed by atoms with Gasteiger partial charge in [-0.25, -0.2) is 16.8 Å². The molecule has 1 heterocycles. The summed E-state index contributed by atoms with van der Waals surface area (Å²) in [4.78, 5) is 13.0. The zero-order valence-electron chi connectivity index (χ0n) is 22.9. The van der Waals surface area contributed by atoms with Crippen LogP contribution in [0.25, 0.3) is 0 Å². The Morgan fingerprint density at radius 2 is 1.60 bits per heavy atom. The zero-order chi connectivity index (χ0) is 29.1. The summed E-state index contributed by atoms with van der Waals surface area (Å²) in [5, 5.41) is 2.74. The van der Waals surface area contributed by atoms with E-state index in [0.717, 1.165) is 11.1 Å². The summed E-state index contributed by atoms with van der Waals surface area (Å²) >= 11 is 0. The number of aryl methyl sites for hydroxylation is 2. The van der Waals surface area contributed by atoms with Crippen molar-refractivity contribution in [1.29, 1.82) is 0 Å². The number of carbonyl (C=O) groups is 1. The first-order chi connectivity index (χ1) is 18.9. The van der Waals surface area contributed by atoms with Crippen molar-refractivity contribution in [1.82, 2.24) is 4.31 Å². The first-order valence-electron chi connectivity index (χ1n) is 12.6. The first-order valence-corrected chi connectivity index (χ1v) is 15.9. The molecule has 12 heteroatoms. The molecule has 0 atom stereocenters. The Labute approximate surface area is 235 Å². The summed E-state index contributed by atoms with van der Waals surface area (Å²) < 4.78 is 65.1. The fourth-order valence-corrected chi connectivity index (χ4v) is 7.17. The van der Waals surface area contributed by atoms with Gasteiger partial charge >= 0.3 is 0 Å². The van der Waals surface area contributed by atoms with Crippen LogP contribution in [0.2, 0.25) is 0 Å². The fourth-order valence-electron chi connectivity index (χ4n) is 4.57. The van der Waals surface area contributed by atoms with Gasteiger partial charge < -0.3 is 14.8 Å². The Bertz CT molecular complexity index is 1580. The third-order valence-corrected chi connectivity index (χ3v) is 9.67. The van der Waals surface area contributed by atoms with Gasteiger partial charge in [0.05, 0.1) is 38.8 Å². The minimum Gasteiger partial charge on any atom is -0.495 e. The maximum atomic E-state index is 13.2. The highest BCUT2D eigenvalue weighted by Crippen LogP contribution is 2.31. The molecule has 1 N–H and O–H groups in total. The first kappa shape index (κ1) is 29.5. The highest BCUT2D eigenvalue weighted by atomic mass is 32.2. The maximum Gasteiger partial charge on any atom is 0.255 e. The van der Waals surface area contributed by atoms with Crippen molar-refractivity contribution in [2.75, 3.05) is 49.3 Å². The summed E-state index contributed by atoms with van der Waals surface area (Å²) in [5.74, 6) is -0.269. The number of ether oxygens (including phenoxy) is 2. The predicted molar refractivity (Wildman–Crippen MR) is 154 cm³/mol. The minimum absolute atomic E-state index is 0.0441. The van der Waals surface area contributed by atoms with E-state index in [1.165, 1.54) is 34.1 Å². The summed E-state index contributed by atoms with van der Waals surface area (Å²) in [5.41, 5.74) is 3.64. The van der Waals surface area contributed by atoms with Crippen molar-refractivity contribution in [3.63, 3.8) is 0 Å². The molecule has 0 bridgehead atoms. The van der Waals surface area contributed by atoms with Crippen LogP contribution in [0.1, 0.15) is 27.0 Å². The minimum atomic E-state index is -3.86. The van der Waals surface area contributed by atoms with Crippen LogP contribution < -0.4 is 14.4 Å². The number of hydrogen-bond donors (Lipinski definition) is 1. The summed E-state index contributed by atoms with van der Waals surface area (Å²) in [6, 6.07) is 16.7. The second kappa shape index (κ2) is 12.0. The van der Waals surface area contributed by atoms with Crippen molar-refractivity contribution in [2.45, 2.75) is 25.3 Å². The summed E-state index contributed by atoms with van der Waals surface area (Å²) in [6.45, 7) is 4.91. The van der Waals surface area contributed by atoms with Crippen LogP contribution >= 0.6 is 0 Å². The van der Waals surface area contributed by atoms with E-state index in [1.807, 2.05) is 32.0 Å². The molecule has 0 aliphatic carbocycles. The van der Waals surface area contributed by atoms with Gasteiger partial charge in [0.25, 0.3) is 5.91 Å². The number of methoxy groups -OCH3 is 1. The molecule has 0 aromatic heterocycles. The van der Waals surface area contributed by atoms with E-state index in [9.17, 15) is 21.6 Å². The monoisotopic (exact) mass is 587 g/mol. The van der Waals surface area contributed by atoms with Gasteiger partial charge in [-0.15, -0.1) is 0 Å². The van der Waals surface area contributed by atoms with Gasteiger partial charge in [-0.3, -0.25) is 9.10 Å². The quantitative estimate of drug-likeness (QED) is 0.406. The molecule has 1 fully saturated rings. The summed E-state index contributed by atoms with van der Waals surface area (Å²) in [7, 11) is -6.05. The number of nitrogens with zero attached hydrogens (tertiary/aromatic N) is 2. The fraction of sp³-hybridized carbons (Fsp3) is 0.321. The van der Waals surface area contributed by atoms with E-state index in [0.29, 0.717) is 35.7 Å². The molecule has 0 spiro atoms. The Kier molecular flexibility index (Phi) is 8.83. The molecular weight excluding hydrogens is 554 g/mol. The number of hydrogen-bond acceptors (Lipinski definition) is 7. The third kappa shape index (κ3) is 6.47. The van der Waals surface area contributed by atoms with Crippen LogP contribution in [0.5, 0.6) is 5.75 Å². The number of benzene rings is 3. The van der Waals surface area contributed by atoms with Crippen molar-refractivity contribution >= 4 is 37.3 Å². The van der Waals surface area contributed by atoms with Crippen molar-refractivity contribution in [3.05, 3.63) is 82.9 Å². The molecule has 3 aromatic carbocycles. The number of amides is 1. The van der Waals surface area contributed by atoms with Crippen LogP contribution in [0.3, 0.4) is 0 Å². The van der Waals surface area contributed by atoms with E-state index in [-0.39, 0.29) is 30.3 Å². The lowest BCUT2D eigenvalue weighted by atomic mass is 10.1. The smallest absolute Gasteiger partial charge is 0.255 e. The predicted octanol–water partition coefficient (Wildman–Crippen LogP) is 3.55. The normalized spacial score (nSPS) is 14.5. The Morgan fingerprint density at radius 1 is 0.975 bits per heavy atom. The van der Waals surface area contributed by atoms with E-state index in [2.05, 4.69) is 5.32 Å². The van der Waals surface area contributed by atoms with Crippen molar-refractivity contribution in [2.24, 2.45) is 0 Å². The molecule has 0 unspecified atom stereocenters. The van der Waals surface area contributed by atoms with Crippen molar-refractivity contribution < 1.29 is 31.1 Å². The van der Waals surface area contributed by atoms with Crippen LogP contribution in [-0.4, -0.2) is 66.7 Å². The number of sulfonamides is 2. The van der Waals surface area contributed by atoms with Crippen LogP contribution in [-0.2, 0) is 31.3 Å². The summed E-state index contributed by atoms with van der Waals surface area (Å²) in [6.07, 6.45) is 1.17. The van der Waals surface area contributed by atoms with Crippen LogP contribution in [0.4, 0.5) is 11.4 Å².